The van der Waals surface area contributed by atoms with Gasteiger partial charge in [0.1, 0.15) is 0 Å². The lowest BCUT2D eigenvalue weighted by Crippen LogP contribution is -2.21. The molecule has 1 atom stereocenters. The third kappa shape index (κ3) is 3.44. The first kappa shape index (κ1) is 16.3. The zero-order chi connectivity index (χ0) is 15.5. The molecule has 1 aromatic carbocycles. The van der Waals surface area contributed by atoms with E-state index in [-0.39, 0.29) is 17.5 Å². The standard InChI is InChI=1S/C16H26N2O2/c1-6-10(3)20-15(19)11-8-12(17)14(13(18)9-11)16(4,5)7-2/h8-10H,6-7,17-18H2,1-5H3. The minimum atomic E-state index is -0.376. The molecular formula is C16H26N2O2. The van der Waals surface area contributed by atoms with E-state index in [0.717, 1.165) is 18.4 Å². The lowest BCUT2D eigenvalue weighted by atomic mass is 9.80. The molecule has 0 saturated carbocycles. The molecule has 0 aliphatic rings. The zero-order valence-corrected chi connectivity index (χ0v) is 13.1. The van der Waals surface area contributed by atoms with Crippen LogP contribution in [0.5, 0.6) is 0 Å². The zero-order valence-electron chi connectivity index (χ0n) is 13.1. The molecule has 0 aliphatic carbocycles. The SMILES string of the molecule is CCC(C)OC(=O)c1cc(N)c(C(C)(C)CC)c(N)c1. The first-order chi connectivity index (χ1) is 9.22. The topological polar surface area (TPSA) is 78.3 Å². The number of nitrogen functional groups attached to an aromatic ring is 2. The maximum Gasteiger partial charge on any atom is 0.338 e. The second-order valence-electron chi connectivity index (χ2n) is 5.89. The van der Waals surface area contributed by atoms with Crippen molar-refractivity contribution >= 4 is 17.3 Å². The highest BCUT2D eigenvalue weighted by Gasteiger charge is 2.25. The predicted octanol–water partition coefficient (Wildman–Crippen LogP) is 3.49. The van der Waals surface area contributed by atoms with E-state index in [9.17, 15) is 4.79 Å². The Morgan fingerprint density at radius 2 is 1.75 bits per heavy atom. The molecule has 0 bridgehead atoms. The van der Waals surface area contributed by atoms with Crippen molar-refractivity contribution in [2.75, 3.05) is 11.5 Å². The fourth-order valence-corrected chi connectivity index (χ4v) is 2.10. The molecule has 1 rings (SSSR count). The molecule has 4 heteroatoms. The van der Waals surface area contributed by atoms with Gasteiger partial charge in [0.15, 0.2) is 0 Å². The predicted molar refractivity (Wildman–Crippen MR) is 83.8 cm³/mol. The molecule has 112 valence electrons. The Labute approximate surface area is 121 Å². The van der Waals surface area contributed by atoms with Gasteiger partial charge in [0, 0.05) is 16.9 Å². The van der Waals surface area contributed by atoms with Crippen molar-refractivity contribution in [3.8, 4) is 0 Å². The van der Waals surface area contributed by atoms with Crippen LogP contribution in [0.1, 0.15) is 63.4 Å². The maximum atomic E-state index is 12.0. The van der Waals surface area contributed by atoms with Crippen LogP contribution in [-0.4, -0.2) is 12.1 Å². The summed E-state index contributed by atoms with van der Waals surface area (Å²) < 4.78 is 5.30. The maximum absolute atomic E-state index is 12.0. The number of esters is 1. The van der Waals surface area contributed by atoms with Crippen molar-refractivity contribution in [2.24, 2.45) is 0 Å². The number of hydrogen-bond acceptors (Lipinski definition) is 4. The Balaban J connectivity index is 3.14. The third-order valence-electron chi connectivity index (χ3n) is 3.88. The first-order valence-electron chi connectivity index (χ1n) is 7.13. The molecule has 0 spiro atoms. The van der Waals surface area contributed by atoms with Gasteiger partial charge in [-0.05, 0) is 37.3 Å². The number of hydrogen-bond donors (Lipinski definition) is 2. The molecular weight excluding hydrogens is 252 g/mol. The first-order valence-corrected chi connectivity index (χ1v) is 7.13. The quantitative estimate of drug-likeness (QED) is 0.638. The van der Waals surface area contributed by atoms with Gasteiger partial charge in [0.2, 0.25) is 0 Å². The van der Waals surface area contributed by atoms with E-state index in [1.807, 2.05) is 13.8 Å². The Kier molecular flexibility index (Phi) is 5.03. The molecule has 0 fully saturated rings. The third-order valence-corrected chi connectivity index (χ3v) is 3.88. The summed E-state index contributed by atoms with van der Waals surface area (Å²) in [6, 6.07) is 3.32. The van der Waals surface area contributed by atoms with Crippen LogP contribution in [-0.2, 0) is 10.2 Å². The molecule has 4 nitrogen and oxygen atoms in total. The van der Waals surface area contributed by atoms with Gasteiger partial charge in [-0.1, -0.05) is 27.7 Å². The van der Waals surface area contributed by atoms with Gasteiger partial charge >= 0.3 is 5.97 Å². The molecule has 0 saturated heterocycles. The number of nitrogens with two attached hydrogens (primary N) is 2. The smallest absolute Gasteiger partial charge is 0.338 e. The van der Waals surface area contributed by atoms with Crippen molar-refractivity contribution in [1.29, 1.82) is 0 Å². The van der Waals surface area contributed by atoms with Crippen molar-refractivity contribution in [3.05, 3.63) is 23.3 Å². The Morgan fingerprint density at radius 1 is 1.25 bits per heavy atom. The fraction of sp³-hybridized carbons (Fsp3) is 0.562. The van der Waals surface area contributed by atoms with Crippen LogP contribution in [0.3, 0.4) is 0 Å². The van der Waals surface area contributed by atoms with Crippen molar-refractivity contribution in [1.82, 2.24) is 0 Å². The number of anilines is 2. The second-order valence-corrected chi connectivity index (χ2v) is 5.89. The van der Waals surface area contributed by atoms with Crippen LogP contribution in [0, 0.1) is 0 Å². The minimum absolute atomic E-state index is 0.114. The van der Waals surface area contributed by atoms with Gasteiger partial charge in [0.05, 0.1) is 11.7 Å². The lowest BCUT2D eigenvalue weighted by Gasteiger charge is -2.27. The monoisotopic (exact) mass is 278 g/mol. The highest BCUT2D eigenvalue weighted by atomic mass is 16.5. The summed E-state index contributed by atoms with van der Waals surface area (Å²) in [5.41, 5.74) is 14.5. The van der Waals surface area contributed by atoms with Crippen LogP contribution in [0.15, 0.2) is 12.1 Å². The summed E-state index contributed by atoms with van der Waals surface area (Å²) in [5, 5.41) is 0. The molecule has 0 radical (unpaired) electrons. The Bertz CT molecular complexity index is 472. The van der Waals surface area contributed by atoms with Crippen molar-refractivity contribution in [3.63, 3.8) is 0 Å². The summed E-state index contributed by atoms with van der Waals surface area (Å²) in [4.78, 5) is 12.0. The largest absolute Gasteiger partial charge is 0.459 e. The van der Waals surface area contributed by atoms with E-state index in [0.29, 0.717) is 16.9 Å². The second kappa shape index (κ2) is 6.16. The Hall–Kier alpha value is -1.71. The summed E-state index contributed by atoms with van der Waals surface area (Å²) in [6.45, 7) is 10.1. The highest BCUT2D eigenvalue weighted by Crippen LogP contribution is 2.36. The molecule has 1 unspecified atom stereocenters. The molecule has 0 amide bonds. The molecule has 0 aliphatic heterocycles. The van der Waals surface area contributed by atoms with E-state index in [2.05, 4.69) is 20.8 Å². The summed E-state index contributed by atoms with van der Waals surface area (Å²) in [6.07, 6.45) is 1.58. The summed E-state index contributed by atoms with van der Waals surface area (Å²) in [5.74, 6) is -0.376. The number of ether oxygens (including phenoxy) is 1. The van der Waals surface area contributed by atoms with E-state index in [4.69, 9.17) is 16.2 Å². The molecule has 20 heavy (non-hydrogen) atoms. The summed E-state index contributed by atoms with van der Waals surface area (Å²) >= 11 is 0. The van der Waals surface area contributed by atoms with Crippen LogP contribution in [0.4, 0.5) is 11.4 Å². The molecule has 0 heterocycles. The van der Waals surface area contributed by atoms with E-state index in [1.165, 1.54) is 0 Å². The van der Waals surface area contributed by atoms with Crippen LogP contribution >= 0.6 is 0 Å². The van der Waals surface area contributed by atoms with Gasteiger partial charge < -0.3 is 16.2 Å². The molecule has 1 aromatic rings. The number of benzene rings is 1. The fourth-order valence-electron chi connectivity index (χ4n) is 2.10. The van der Waals surface area contributed by atoms with Crippen molar-refractivity contribution < 1.29 is 9.53 Å². The van der Waals surface area contributed by atoms with Gasteiger partial charge in [-0.25, -0.2) is 4.79 Å². The average Bonchev–Trinajstić information content (AvgIpc) is 2.37. The molecule has 0 aromatic heterocycles. The number of carbonyl (C=O) groups is 1. The van der Waals surface area contributed by atoms with Crippen LogP contribution < -0.4 is 11.5 Å². The highest BCUT2D eigenvalue weighted by molar-refractivity contribution is 5.92. The van der Waals surface area contributed by atoms with Gasteiger partial charge in [-0.3, -0.25) is 0 Å². The normalized spacial score (nSPS) is 13.1. The van der Waals surface area contributed by atoms with E-state index >= 15 is 0 Å². The average molecular weight is 278 g/mol. The van der Waals surface area contributed by atoms with Gasteiger partial charge in [-0.2, -0.15) is 0 Å². The number of carbonyl (C=O) groups excluding carboxylic acids is 1. The van der Waals surface area contributed by atoms with Crippen molar-refractivity contribution in [2.45, 2.75) is 59.0 Å². The number of rotatable bonds is 5. The molecule has 4 N–H and O–H groups in total. The minimum Gasteiger partial charge on any atom is -0.459 e. The lowest BCUT2D eigenvalue weighted by molar-refractivity contribution is 0.0334. The van der Waals surface area contributed by atoms with Crippen LogP contribution in [0.25, 0.3) is 0 Å². The van der Waals surface area contributed by atoms with Gasteiger partial charge in [0.25, 0.3) is 0 Å². The van der Waals surface area contributed by atoms with Gasteiger partial charge in [-0.15, -0.1) is 0 Å². The summed E-state index contributed by atoms with van der Waals surface area (Å²) in [7, 11) is 0. The van der Waals surface area contributed by atoms with E-state index in [1.54, 1.807) is 12.1 Å². The van der Waals surface area contributed by atoms with E-state index < -0.39 is 0 Å². The Morgan fingerprint density at radius 3 is 2.15 bits per heavy atom. The van der Waals surface area contributed by atoms with Crippen LogP contribution in [0.2, 0.25) is 0 Å².